The molecule has 0 heterocycles. The lowest BCUT2D eigenvalue weighted by molar-refractivity contribution is 0.117. The van der Waals surface area contributed by atoms with Crippen molar-refractivity contribution in [3.05, 3.63) is 29.8 Å². The van der Waals surface area contributed by atoms with E-state index in [2.05, 4.69) is 13.0 Å². The Hall–Kier alpha value is -1.53. The fourth-order valence-electron chi connectivity index (χ4n) is 1.35. The highest BCUT2D eigenvalue weighted by Gasteiger charge is 1.96. The highest BCUT2D eigenvalue weighted by molar-refractivity contribution is 5.36. The maximum atomic E-state index is 8.73. The number of hydrogen-bond donors (Lipinski definition) is 0. The Kier molecular flexibility index (Phi) is 6.85. The minimum Gasteiger partial charge on any atom is -0.493 e. The number of rotatable bonds is 8. The summed E-state index contributed by atoms with van der Waals surface area (Å²) in [5.74, 6) is 0.748. The van der Waals surface area contributed by atoms with Crippen LogP contribution >= 0.6 is 0 Å². The molecule has 0 atom stereocenters. The van der Waals surface area contributed by atoms with Crippen molar-refractivity contribution in [3.63, 3.8) is 0 Å². The zero-order chi connectivity index (χ0) is 12.3. The molecule has 92 valence electrons. The van der Waals surface area contributed by atoms with E-state index in [4.69, 9.17) is 14.7 Å². The van der Waals surface area contributed by atoms with Gasteiger partial charge in [-0.05, 0) is 24.6 Å². The summed E-state index contributed by atoms with van der Waals surface area (Å²) < 4.78 is 10.9. The molecule has 0 bridgehead atoms. The van der Waals surface area contributed by atoms with Crippen molar-refractivity contribution in [1.29, 1.82) is 5.26 Å². The van der Waals surface area contributed by atoms with Crippen LogP contribution in [0.4, 0.5) is 0 Å². The molecule has 0 aromatic heterocycles. The molecule has 0 fully saturated rings. The predicted octanol–water partition coefficient (Wildman–Crippen LogP) is 3.14. The molecule has 0 aliphatic rings. The fourth-order valence-corrected chi connectivity index (χ4v) is 1.35. The molecule has 0 N–H and O–H groups in total. The molecule has 0 unspecified atom stereocenters. The van der Waals surface area contributed by atoms with E-state index in [1.165, 1.54) is 0 Å². The van der Waals surface area contributed by atoms with Gasteiger partial charge in [0.05, 0.1) is 18.2 Å². The highest BCUT2D eigenvalue weighted by Crippen LogP contribution is 2.12. The van der Waals surface area contributed by atoms with Crippen molar-refractivity contribution in [2.24, 2.45) is 0 Å². The third-order valence-electron chi connectivity index (χ3n) is 2.31. The summed E-state index contributed by atoms with van der Waals surface area (Å²) in [5, 5.41) is 8.73. The first-order valence-electron chi connectivity index (χ1n) is 6.07. The molecule has 0 aliphatic heterocycles. The minimum atomic E-state index is 0.626. The average molecular weight is 233 g/mol. The van der Waals surface area contributed by atoms with Crippen LogP contribution in [-0.4, -0.2) is 19.8 Å². The SMILES string of the molecule is CCCCOCCCOc1cccc(C#N)c1. The smallest absolute Gasteiger partial charge is 0.120 e. The molecule has 1 rings (SSSR count). The van der Waals surface area contributed by atoms with Gasteiger partial charge < -0.3 is 9.47 Å². The molecule has 17 heavy (non-hydrogen) atoms. The predicted molar refractivity (Wildman–Crippen MR) is 67.0 cm³/mol. The first-order valence-corrected chi connectivity index (χ1v) is 6.07. The van der Waals surface area contributed by atoms with Crippen LogP contribution in [0.5, 0.6) is 5.75 Å². The number of nitrogens with zero attached hydrogens (tertiary/aromatic N) is 1. The van der Waals surface area contributed by atoms with Gasteiger partial charge in [0.15, 0.2) is 0 Å². The number of benzene rings is 1. The number of ether oxygens (including phenoxy) is 2. The lowest BCUT2D eigenvalue weighted by Gasteiger charge is -2.06. The van der Waals surface area contributed by atoms with Gasteiger partial charge in [-0.25, -0.2) is 0 Å². The normalized spacial score (nSPS) is 9.88. The first kappa shape index (κ1) is 13.5. The maximum Gasteiger partial charge on any atom is 0.120 e. The molecule has 3 heteroatoms. The van der Waals surface area contributed by atoms with E-state index >= 15 is 0 Å². The molecule has 3 nitrogen and oxygen atoms in total. The molecule has 0 radical (unpaired) electrons. The van der Waals surface area contributed by atoms with E-state index in [9.17, 15) is 0 Å². The van der Waals surface area contributed by atoms with Crippen LogP contribution in [0, 0.1) is 11.3 Å². The summed E-state index contributed by atoms with van der Waals surface area (Å²) in [4.78, 5) is 0. The second-order valence-corrected chi connectivity index (χ2v) is 3.81. The van der Waals surface area contributed by atoms with Crippen molar-refractivity contribution < 1.29 is 9.47 Å². The number of hydrogen-bond acceptors (Lipinski definition) is 3. The van der Waals surface area contributed by atoms with Crippen LogP contribution in [-0.2, 0) is 4.74 Å². The Morgan fingerprint density at radius 3 is 2.76 bits per heavy atom. The Labute approximate surface area is 103 Å². The van der Waals surface area contributed by atoms with E-state index in [-0.39, 0.29) is 0 Å². The fraction of sp³-hybridized carbons (Fsp3) is 0.500. The summed E-state index contributed by atoms with van der Waals surface area (Å²) in [5.41, 5.74) is 0.627. The van der Waals surface area contributed by atoms with Gasteiger partial charge in [-0.1, -0.05) is 19.4 Å². The zero-order valence-electron chi connectivity index (χ0n) is 10.3. The minimum absolute atomic E-state index is 0.626. The largest absolute Gasteiger partial charge is 0.493 e. The van der Waals surface area contributed by atoms with Gasteiger partial charge in [0.2, 0.25) is 0 Å². The zero-order valence-corrected chi connectivity index (χ0v) is 10.3. The van der Waals surface area contributed by atoms with E-state index in [1.54, 1.807) is 12.1 Å². The summed E-state index contributed by atoms with van der Waals surface area (Å²) in [7, 11) is 0. The molecule has 0 saturated carbocycles. The van der Waals surface area contributed by atoms with Gasteiger partial charge >= 0.3 is 0 Å². The Bertz CT molecular complexity index is 357. The van der Waals surface area contributed by atoms with Crippen LogP contribution < -0.4 is 4.74 Å². The number of unbranched alkanes of at least 4 members (excludes halogenated alkanes) is 1. The van der Waals surface area contributed by atoms with E-state index in [0.29, 0.717) is 12.2 Å². The molecule has 0 amide bonds. The lowest BCUT2D eigenvalue weighted by atomic mass is 10.2. The van der Waals surface area contributed by atoms with Crippen LogP contribution in [0.1, 0.15) is 31.7 Å². The maximum absolute atomic E-state index is 8.73. The van der Waals surface area contributed by atoms with Crippen molar-refractivity contribution in [3.8, 4) is 11.8 Å². The summed E-state index contributed by atoms with van der Waals surface area (Å²) in [6.45, 7) is 4.34. The van der Waals surface area contributed by atoms with E-state index in [1.807, 2.05) is 12.1 Å². The van der Waals surface area contributed by atoms with Gasteiger partial charge in [0.25, 0.3) is 0 Å². The summed E-state index contributed by atoms with van der Waals surface area (Å²) in [6, 6.07) is 9.28. The molecular formula is C14H19NO2. The lowest BCUT2D eigenvalue weighted by Crippen LogP contribution is -2.03. The standard InChI is InChI=1S/C14H19NO2/c1-2-3-8-16-9-5-10-17-14-7-4-6-13(11-14)12-15/h4,6-7,11H,2-3,5,8-10H2,1H3. The Morgan fingerprint density at radius 1 is 1.18 bits per heavy atom. The van der Waals surface area contributed by atoms with Gasteiger partial charge in [-0.2, -0.15) is 5.26 Å². The van der Waals surface area contributed by atoms with Gasteiger partial charge in [0.1, 0.15) is 5.75 Å². The molecule has 1 aromatic carbocycles. The van der Waals surface area contributed by atoms with Crippen molar-refractivity contribution in [2.75, 3.05) is 19.8 Å². The van der Waals surface area contributed by atoms with Crippen LogP contribution in [0.3, 0.4) is 0 Å². The van der Waals surface area contributed by atoms with Gasteiger partial charge in [-0.3, -0.25) is 0 Å². The summed E-state index contributed by atoms with van der Waals surface area (Å²) >= 11 is 0. The topological polar surface area (TPSA) is 42.2 Å². The highest BCUT2D eigenvalue weighted by atomic mass is 16.5. The van der Waals surface area contributed by atoms with Crippen LogP contribution in [0.2, 0.25) is 0 Å². The Balaban J connectivity index is 2.12. The number of nitriles is 1. The van der Waals surface area contributed by atoms with Gasteiger partial charge in [-0.15, -0.1) is 0 Å². The second-order valence-electron chi connectivity index (χ2n) is 3.81. The molecule has 0 aliphatic carbocycles. The molecular weight excluding hydrogens is 214 g/mol. The monoisotopic (exact) mass is 233 g/mol. The third-order valence-corrected chi connectivity index (χ3v) is 2.31. The quantitative estimate of drug-likeness (QED) is 0.648. The van der Waals surface area contributed by atoms with Crippen LogP contribution in [0.25, 0.3) is 0 Å². The first-order chi connectivity index (χ1) is 8.36. The average Bonchev–Trinajstić information content (AvgIpc) is 2.38. The molecule has 0 spiro atoms. The summed E-state index contributed by atoms with van der Waals surface area (Å²) in [6.07, 6.45) is 3.16. The van der Waals surface area contributed by atoms with Gasteiger partial charge in [0, 0.05) is 19.6 Å². The Morgan fingerprint density at radius 2 is 2.00 bits per heavy atom. The van der Waals surface area contributed by atoms with Crippen molar-refractivity contribution in [1.82, 2.24) is 0 Å². The van der Waals surface area contributed by atoms with E-state index < -0.39 is 0 Å². The van der Waals surface area contributed by atoms with E-state index in [0.717, 1.165) is 38.2 Å². The molecule has 1 aromatic rings. The second kappa shape index (κ2) is 8.60. The van der Waals surface area contributed by atoms with Crippen molar-refractivity contribution in [2.45, 2.75) is 26.2 Å². The van der Waals surface area contributed by atoms with Crippen LogP contribution in [0.15, 0.2) is 24.3 Å². The molecule has 0 saturated heterocycles. The van der Waals surface area contributed by atoms with Crippen molar-refractivity contribution >= 4 is 0 Å². The third kappa shape index (κ3) is 5.94.